The molecule has 0 bridgehead atoms. The van der Waals surface area contributed by atoms with Gasteiger partial charge in [0, 0.05) is 18.5 Å². The maximum Gasteiger partial charge on any atom is 0.123 e. The Kier molecular flexibility index (Phi) is 10.9. The second kappa shape index (κ2) is 14.8. The van der Waals surface area contributed by atoms with Crippen LogP contribution in [0.15, 0.2) is 121 Å². The summed E-state index contributed by atoms with van der Waals surface area (Å²) in [4.78, 5) is 0. The Morgan fingerprint density at radius 2 is 1.12 bits per heavy atom. The molecule has 1 aliphatic heterocycles. The van der Waals surface area contributed by atoms with Crippen LogP contribution in [0.2, 0.25) is 0 Å². The highest BCUT2D eigenvalue weighted by Crippen LogP contribution is 2.36. The van der Waals surface area contributed by atoms with E-state index in [-0.39, 0.29) is 30.1 Å². The molecule has 5 rings (SSSR count). The number of likely N-dealkylation sites (tertiary alicyclic amines) is 1. The Labute approximate surface area is 249 Å². The molecular weight excluding hydrogens is 534 g/mol. The topological polar surface area (TPSA) is 12.0 Å². The van der Waals surface area contributed by atoms with Crippen LogP contribution in [0, 0.1) is 17.6 Å². The number of halogens is 3. The molecule has 5 heteroatoms. The molecule has 4 aromatic rings. The van der Waals surface area contributed by atoms with Crippen LogP contribution in [-0.4, -0.2) is 30.7 Å². The van der Waals surface area contributed by atoms with Crippen molar-refractivity contribution in [2.75, 3.05) is 31.5 Å². The summed E-state index contributed by atoms with van der Waals surface area (Å²) in [5, 5.41) is 3.64. The van der Waals surface area contributed by atoms with Crippen molar-refractivity contribution in [3.63, 3.8) is 0 Å². The Morgan fingerprint density at radius 3 is 1.61 bits per heavy atom. The molecule has 4 aromatic carbocycles. The molecule has 0 spiro atoms. The monoisotopic (exact) mass is 570 g/mol. The fourth-order valence-corrected chi connectivity index (χ4v) is 5.73. The third-order valence-electron chi connectivity index (χ3n) is 8.02. The summed E-state index contributed by atoms with van der Waals surface area (Å²) >= 11 is 0. The van der Waals surface area contributed by atoms with Crippen LogP contribution < -0.4 is 17.7 Å². The Balaban J connectivity index is 0.00000387. The van der Waals surface area contributed by atoms with Gasteiger partial charge in [0.15, 0.2) is 0 Å². The highest BCUT2D eigenvalue weighted by molar-refractivity contribution is 5.50. The SMILES string of the molecule is Fc1ccc(NC(c2ccc(F)cc2)C2CC[N+](CC=Cc3ccccc3)(CC=Cc3ccccc3)CC2)cc1.[Cl-]. The zero-order valence-corrected chi connectivity index (χ0v) is 23.9. The minimum absolute atomic E-state index is 0. The Bertz CT molecular complexity index is 1330. The second-order valence-electron chi connectivity index (χ2n) is 10.8. The van der Waals surface area contributed by atoms with Gasteiger partial charge >= 0.3 is 0 Å². The number of rotatable bonds is 10. The van der Waals surface area contributed by atoms with Crippen molar-refractivity contribution in [1.29, 1.82) is 0 Å². The van der Waals surface area contributed by atoms with Crippen molar-refractivity contribution in [2.24, 2.45) is 5.92 Å². The summed E-state index contributed by atoms with van der Waals surface area (Å²) in [5.41, 5.74) is 4.37. The largest absolute Gasteiger partial charge is 1.00 e. The fourth-order valence-electron chi connectivity index (χ4n) is 5.73. The van der Waals surface area contributed by atoms with Crippen molar-refractivity contribution < 1.29 is 25.7 Å². The van der Waals surface area contributed by atoms with Crippen LogP contribution in [0.3, 0.4) is 0 Å². The van der Waals surface area contributed by atoms with Gasteiger partial charge in [-0.15, -0.1) is 0 Å². The lowest BCUT2D eigenvalue weighted by molar-refractivity contribution is -0.923. The summed E-state index contributed by atoms with van der Waals surface area (Å²) in [6.45, 7) is 4.03. The first kappa shape index (κ1) is 30.2. The van der Waals surface area contributed by atoms with E-state index in [2.05, 4.69) is 78.2 Å². The molecule has 212 valence electrons. The molecule has 41 heavy (non-hydrogen) atoms. The summed E-state index contributed by atoms with van der Waals surface area (Å²) in [7, 11) is 0. The molecule has 0 radical (unpaired) electrons. The highest BCUT2D eigenvalue weighted by Gasteiger charge is 2.36. The van der Waals surface area contributed by atoms with E-state index in [1.165, 1.54) is 35.4 Å². The van der Waals surface area contributed by atoms with Crippen LogP contribution in [0.5, 0.6) is 0 Å². The summed E-state index contributed by atoms with van der Waals surface area (Å²) in [6, 6.07) is 34.2. The van der Waals surface area contributed by atoms with E-state index in [4.69, 9.17) is 0 Å². The molecule has 1 fully saturated rings. The number of quaternary nitrogens is 1. The molecule has 0 saturated carbocycles. The van der Waals surface area contributed by atoms with Gasteiger partial charge in [-0.25, -0.2) is 8.78 Å². The minimum Gasteiger partial charge on any atom is -1.00 e. The van der Waals surface area contributed by atoms with E-state index in [1.807, 2.05) is 24.3 Å². The summed E-state index contributed by atoms with van der Waals surface area (Å²) in [6.07, 6.45) is 11.2. The molecule has 0 aromatic heterocycles. The fraction of sp³-hybridized carbons (Fsp3) is 0.222. The first-order chi connectivity index (χ1) is 19.6. The maximum absolute atomic E-state index is 13.8. The second-order valence-corrected chi connectivity index (χ2v) is 10.8. The predicted octanol–water partition coefficient (Wildman–Crippen LogP) is 5.78. The van der Waals surface area contributed by atoms with Crippen molar-refractivity contribution in [2.45, 2.75) is 18.9 Å². The average molecular weight is 571 g/mol. The van der Waals surface area contributed by atoms with Crippen LogP contribution in [-0.2, 0) is 0 Å². The molecule has 1 aliphatic rings. The van der Waals surface area contributed by atoms with Gasteiger partial charge in [0.05, 0.1) is 32.2 Å². The van der Waals surface area contributed by atoms with Gasteiger partial charge < -0.3 is 22.2 Å². The lowest BCUT2D eigenvalue weighted by Gasteiger charge is -2.44. The lowest BCUT2D eigenvalue weighted by atomic mass is 9.84. The number of piperidine rings is 1. The third kappa shape index (κ3) is 8.63. The first-order valence-electron chi connectivity index (χ1n) is 14.1. The zero-order chi connectivity index (χ0) is 27.6. The van der Waals surface area contributed by atoms with Crippen LogP contribution in [0.1, 0.15) is 35.6 Å². The van der Waals surface area contributed by atoms with Gasteiger partial charge in [-0.1, -0.05) is 84.9 Å². The number of benzene rings is 4. The Morgan fingerprint density at radius 1 is 0.659 bits per heavy atom. The van der Waals surface area contributed by atoms with Crippen molar-refractivity contribution in [1.82, 2.24) is 0 Å². The molecule has 1 atom stereocenters. The summed E-state index contributed by atoms with van der Waals surface area (Å²) < 4.78 is 28.3. The Hall–Kier alpha value is -3.73. The normalized spacial score (nSPS) is 19.6. The summed E-state index contributed by atoms with van der Waals surface area (Å²) in [5.74, 6) is -0.118. The van der Waals surface area contributed by atoms with E-state index in [9.17, 15) is 8.78 Å². The van der Waals surface area contributed by atoms with Gasteiger partial charge in [-0.3, -0.25) is 0 Å². The lowest BCUT2D eigenvalue weighted by Crippen LogP contribution is -3.00. The van der Waals surface area contributed by atoms with E-state index in [0.717, 1.165) is 54.8 Å². The maximum atomic E-state index is 13.8. The van der Waals surface area contributed by atoms with Crippen LogP contribution >= 0.6 is 0 Å². The number of nitrogens with zero attached hydrogens (tertiary/aromatic N) is 1. The van der Waals surface area contributed by atoms with Gasteiger partial charge in [0.1, 0.15) is 11.6 Å². The third-order valence-corrected chi connectivity index (χ3v) is 8.02. The molecule has 0 aliphatic carbocycles. The molecule has 1 N–H and O–H groups in total. The average Bonchev–Trinajstić information content (AvgIpc) is 2.99. The predicted molar refractivity (Wildman–Crippen MR) is 163 cm³/mol. The van der Waals surface area contributed by atoms with E-state index in [0.29, 0.717) is 5.92 Å². The van der Waals surface area contributed by atoms with Gasteiger partial charge in [0.25, 0.3) is 0 Å². The van der Waals surface area contributed by atoms with Crippen LogP contribution in [0.4, 0.5) is 14.5 Å². The molecule has 1 saturated heterocycles. The van der Waals surface area contributed by atoms with E-state index in [1.54, 1.807) is 12.1 Å². The number of hydrogen-bond acceptors (Lipinski definition) is 1. The molecule has 0 amide bonds. The molecule has 1 unspecified atom stereocenters. The van der Waals surface area contributed by atoms with Gasteiger partial charge in [-0.2, -0.15) is 0 Å². The standard InChI is InChI=1S/C36H37F2N2.ClH/c37-33-17-15-31(16-18-33)36(39-35-21-19-34(38)20-22-35)32-23-27-40(28-24-32,25-7-13-29-9-3-1-4-10-29)26-8-14-30-11-5-2-6-12-30;/h1-22,32,36,39H,23-28H2;1H/q+1;/p-1. The number of anilines is 1. The van der Waals surface area contributed by atoms with Gasteiger partial charge in [-0.05, 0) is 71.2 Å². The molecule has 2 nitrogen and oxygen atoms in total. The van der Waals surface area contributed by atoms with Gasteiger partial charge in [0.2, 0.25) is 0 Å². The number of nitrogens with one attached hydrogen (secondary N) is 1. The van der Waals surface area contributed by atoms with Crippen LogP contribution in [0.25, 0.3) is 12.2 Å². The first-order valence-corrected chi connectivity index (χ1v) is 14.1. The minimum atomic E-state index is -0.254. The quantitative estimate of drug-likeness (QED) is 0.239. The van der Waals surface area contributed by atoms with E-state index < -0.39 is 0 Å². The highest BCUT2D eigenvalue weighted by atomic mass is 35.5. The molecule has 1 heterocycles. The van der Waals surface area contributed by atoms with Crippen molar-refractivity contribution in [3.8, 4) is 0 Å². The molecular formula is C36H37ClF2N2. The van der Waals surface area contributed by atoms with Crippen molar-refractivity contribution >= 4 is 17.8 Å². The van der Waals surface area contributed by atoms with Crippen molar-refractivity contribution in [3.05, 3.63) is 150 Å². The zero-order valence-electron chi connectivity index (χ0n) is 23.2. The smallest absolute Gasteiger partial charge is 0.123 e. The number of hydrogen-bond donors (Lipinski definition) is 1. The van der Waals surface area contributed by atoms with E-state index >= 15 is 0 Å².